The quantitative estimate of drug-likeness (QED) is 0.602. The molecule has 4 heteroatoms. The fourth-order valence-electron chi connectivity index (χ4n) is 2.30. The van der Waals surface area contributed by atoms with Gasteiger partial charge in [-0.05, 0) is 25.1 Å². The molecule has 1 heterocycles. The van der Waals surface area contributed by atoms with E-state index in [1.807, 2.05) is 49.4 Å². The Balaban J connectivity index is 1.84. The van der Waals surface area contributed by atoms with E-state index >= 15 is 0 Å². The minimum absolute atomic E-state index is 0.131. The van der Waals surface area contributed by atoms with Crippen LogP contribution in [0, 0.1) is 0 Å². The van der Waals surface area contributed by atoms with E-state index in [-0.39, 0.29) is 5.38 Å². The molecule has 0 saturated carbocycles. The van der Waals surface area contributed by atoms with Crippen LogP contribution in [0.25, 0.3) is 10.2 Å². The molecule has 0 spiro atoms. The predicted octanol–water partition coefficient (Wildman–Crippen LogP) is 5.22. The molecule has 0 aliphatic rings. The summed E-state index contributed by atoms with van der Waals surface area (Å²) in [6.45, 7) is 2.62. The standard InChI is InChI=1S/C17H16ClNOS/c1-2-20-15-9-5-3-7-12(15)13(18)11-17-19-14-8-4-6-10-16(14)21-17/h3-10,13H,2,11H2,1H3. The Bertz CT molecular complexity index is 707. The van der Waals surface area contributed by atoms with Gasteiger partial charge in [-0.15, -0.1) is 22.9 Å². The Kier molecular flexibility index (Phi) is 4.42. The minimum Gasteiger partial charge on any atom is -0.494 e. The zero-order valence-electron chi connectivity index (χ0n) is 11.8. The van der Waals surface area contributed by atoms with Crippen molar-refractivity contribution in [3.8, 4) is 5.75 Å². The average molecular weight is 318 g/mol. The number of aromatic nitrogens is 1. The van der Waals surface area contributed by atoms with Crippen molar-refractivity contribution in [2.45, 2.75) is 18.7 Å². The van der Waals surface area contributed by atoms with Gasteiger partial charge in [-0.25, -0.2) is 4.98 Å². The van der Waals surface area contributed by atoms with Crippen LogP contribution in [0.1, 0.15) is 22.9 Å². The summed E-state index contributed by atoms with van der Waals surface area (Å²) in [6.07, 6.45) is 0.713. The van der Waals surface area contributed by atoms with Crippen LogP contribution in [-0.4, -0.2) is 11.6 Å². The van der Waals surface area contributed by atoms with Gasteiger partial charge in [0.05, 0.1) is 27.2 Å². The highest BCUT2D eigenvalue weighted by Crippen LogP contribution is 2.34. The third kappa shape index (κ3) is 3.20. The van der Waals surface area contributed by atoms with Crippen molar-refractivity contribution in [3.05, 3.63) is 59.1 Å². The van der Waals surface area contributed by atoms with Gasteiger partial charge in [0.2, 0.25) is 0 Å². The van der Waals surface area contributed by atoms with Crippen LogP contribution in [-0.2, 0) is 6.42 Å². The lowest BCUT2D eigenvalue weighted by atomic mass is 10.1. The Morgan fingerprint density at radius 2 is 1.90 bits per heavy atom. The van der Waals surface area contributed by atoms with Crippen molar-refractivity contribution in [2.75, 3.05) is 6.61 Å². The molecule has 0 fully saturated rings. The van der Waals surface area contributed by atoms with Crippen LogP contribution in [0.15, 0.2) is 48.5 Å². The molecule has 2 nitrogen and oxygen atoms in total. The first-order valence-corrected chi connectivity index (χ1v) is 8.23. The SMILES string of the molecule is CCOc1ccccc1C(Cl)Cc1nc2ccccc2s1. The summed E-state index contributed by atoms with van der Waals surface area (Å²) in [6, 6.07) is 16.1. The van der Waals surface area contributed by atoms with Crippen molar-refractivity contribution in [1.82, 2.24) is 4.98 Å². The second-order valence-electron chi connectivity index (χ2n) is 4.72. The van der Waals surface area contributed by atoms with Gasteiger partial charge in [0.25, 0.3) is 0 Å². The number of benzene rings is 2. The zero-order chi connectivity index (χ0) is 14.7. The molecule has 21 heavy (non-hydrogen) atoms. The topological polar surface area (TPSA) is 22.1 Å². The fraction of sp³-hybridized carbons (Fsp3) is 0.235. The number of alkyl halides is 1. The Hall–Kier alpha value is -1.58. The van der Waals surface area contributed by atoms with Gasteiger partial charge in [0.15, 0.2) is 0 Å². The molecule has 1 atom stereocenters. The molecule has 0 aliphatic carbocycles. The third-order valence-electron chi connectivity index (χ3n) is 3.25. The molecule has 0 amide bonds. The fourth-order valence-corrected chi connectivity index (χ4v) is 3.73. The first-order chi connectivity index (χ1) is 10.3. The summed E-state index contributed by atoms with van der Waals surface area (Å²) in [4.78, 5) is 4.65. The van der Waals surface area contributed by atoms with Gasteiger partial charge in [0.1, 0.15) is 5.75 Å². The summed E-state index contributed by atoms with van der Waals surface area (Å²) < 4.78 is 6.86. The van der Waals surface area contributed by atoms with E-state index in [4.69, 9.17) is 16.3 Å². The smallest absolute Gasteiger partial charge is 0.123 e. The predicted molar refractivity (Wildman–Crippen MR) is 89.5 cm³/mol. The highest BCUT2D eigenvalue weighted by molar-refractivity contribution is 7.18. The number of hydrogen-bond donors (Lipinski definition) is 0. The van der Waals surface area contributed by atoms with E-state index in [0.29, 0.717) is 13.0 Å². The molecule has 0 radical (unpaired) electrons. The number of halogens is 1. The van der Waals surface area contributed by atoms with Crippen molar-refractivity contribution in [3.63, 3.8) is 0 Å². The van der Waals surface area contributed by atoms with E-state index in [2.05, 4.69) is 11.1 Å². The number of thiazole rings is 1. The second-order valence-corrected chi connectivity index (χ2v) is 6.36. The molecular weight excluding hydrogens is 302 g/mol. The second kappa shape index (κ2) is 6.46. The van der Waals surface area contributed by atoms with E-state index in [0.717, 1.165) is 21.8 Å². The molecule has 3 aromatic rings. The Labute approximate surface area is 133 Å². The van der Waals surface area contributed by atoms with Crippen LogP contribution in [0.5, 0.6) is 5.75 Å². The summed E-state index contributed by atoms with van der Waals surface area (Å²) >= 11 is 8.30. The van der Waals surface area contributed by atoms with Crippen molar-refractivity contribution in [1.29, 1.82) is 0 Å². The normalized spacial score (nSPS) is 12.5. The van der Waals surface area contributed by atoms with Gasteiger partial charge >= 0.3 is 0 Å². The maximum Gasteiger partial charge on any atom is 0.123 e. The Morgan fingerprint density at radius 3 is 2.71 bits per heavy atom. The van der Waals surface area contributed by atoms with E-state index in [9.17, 15) is 0 Å². The molecule has 0 aliphatic heterocycles. The zero-order valence-corrected chi connectivity index (χ0v) is 13.3. The number of para-hydroxylation sites is 2. The first-order valence-electron chi connectivity index (χ1n) is 6.98. The van der Waals surface area contributed by atoms with Crippen LogP contribution in [0.4, 0.5) is 0 Å². The molecule has 108 valence electrons. The number of fused-ring (bicyclic) bond motifs is 1. The first kappa shape index (κ1) is 14.4. The van der Waals surface area contributed by atoms with Gasteiger partial charge in [-0.1, -0.05) is 30.3 Å². The van der Waals surface area contributed by atoms with Crippen molar-refractivity contribution in [2.24, 2.45) is 0 Å². The molecule has 0 bridgehead atoms. The van der Waals surface area contributed by atoms with Crippen LogP contribution in [0.2, 0.25) is 0 Å². The molecule has 1 aromatic heterocycles. The summed E-state index contributed by atoms with van der Waals surface area (Å²) in [5.41, 5.74) is 2.07. The largest absolute Gasteiger partial charge is 0.494 e. The van der Waals surface area contributed by atoms with E-state index < -0.39 is 0 Å². The molecule has 2 aromatic carbocycles. The van der Waals surface area contributed by atoms with Gasteiger partial charge in [0, 0.05) is 12.0 Å². The number of nitrogens with zero attached hydrogens (tertiary/aromatic N) is 1. The van der Waals surface area contributed by atoms with E-state index in [1.165, 1.54) is 4.70 Å². The lowest BCUT2D eigenvalue weighted by molar-refractivity contribution is 0.336. The average Bonchev–Trinajstić information content (AvgIpc) is 2.90. The van der Waals surface area contributed by atoms with Gasteiger partial charge < -0.3 is 4.74 Å². The van der Waals surface area contributed by atoms with E-state index in [1.54, 1.807) is 11.3 Å². The number of ether oxygens (including phenoxy) is 1. The molecule has 1 unspecified atom stereocenters. The summed E-state index contributed by atoms with van der Waals surface area (Å²) in [5.74, 6) is 0.862. The maximum atomic E-state index is 6.60. The molecule has 0 N–H and O–H groups in total. The Morgan fingerprint density at radius 1 is 1.14 bits per heavy atom. The van der Waals surface area contributed by atoms with Gasteiger partial charge in [-0.3, -0.25) is 0 Å². The number of hydrogen-bond acceptors (Lipinski definition) is 3. The summed E-state index contributed by atoms with van der Waals surface area (Å²) in [5, 5.41) is 0.927. The lowest BCUT2D eigenvalue weighted by Crippen LogP contribution is -2.01. The molecule has 0 saturated heterocycles. The van der Waals surface area contributed by atoms with Gasteiger partial charge in [-0.2, -0.15) is 0 Å². The van der Waals surface area contributed by atoms with Crippen molar-refractivity contribution < 1.29 is 4.74 Å². The monoisotopic (exact) mass is 317 g/mol. The lowest BCUT2D eigenvalue weighted by Gasteiger charge is -2.13. The highest BCUT2D eigenvalue weighted by atomic mass is 35.5. The van der Waals surface area contributed by atoms with Crippen LogP contribution < -0.4 is 4.74 Å². The summed E-state index contributed by atoms with van der Waals surface area (Å²) in [7, 11) is 0. The van der Waals surface area contributed by atoms with Crippen LogP contribution in [0.3, 0.4) is 0 Å². The van der Waals surface area contributed by atoms with Crippen LogP contribution >= 0.6 is 22.9 Å². The minimum atomic E-state index is -0.131. The number of rotatable bonds is 5. The third-order valence-corrected chi connectivity index (χ3v) is 4.70. The molecular formula is C17H16ClNOS. The molecule has 3 rings (SSSR count). The van der Waals surface area contributed by atoms with Crippen molar-refractivity contribution >= 4 is 33.2 Å². The highest BCUT2D eigenvalue weighted by Gasteiger charge is 2.16. The maximum absolute atomic E-state index is 6.60.